The highest BCUT2D eigenvalue weighted by Crippen LogP contribution is 2.28. The van der Waals surface area contributed by atoms with Gasteiger partial charge < -0.3 is 10.1 Å². The Hall–Kier alpha value is -1.36. The van der Waals surface area contributed by atoms with Crippen LogP contribution >= 0.6 is 0 Å². The van der Waals surface area contributed by atoms with Crippen molar-refractivity contribution in [3.05, 3.63) is 22.6 Å². The van der Waals surface area contributed by atoms with Gasteiger partial charge in [-0.1, -0.05) is 0 Å². The number of aromatic nitrogens is 2. The average Bonchev–Trinajstić information content (AvgIpc) is 3.13. The first-order chi connectivity index (χ1) is 8.29. The summed E-state index contributed by atoms with van der Waals surface area (Å²) in [6, 6.07) is 1.60. The highest BCUT2D eigenvalue weighted by atomic mass is 16.5. The van der Waals surface area contributed by atoms with E-state index in [1.165, 1.54) is 17.5 Å². The fourth-order valence-electron chi connectivity index (χ4n) is 1.58. The molecule has 1 aromatic rings. The van der Waals surface area contributed by atoms with Gasteiger partial charge in [0.25, 0.3) is 5.56 Å². The van der Waals surface area contributed by atoms with Crippen LogP contribution in [-0.2, 0) is 11.3 Å². The Morgan fingerprint density at radius 3 is 3.06 bits per heavy atom. The van der Waals surface area contributed by atoms with E-state index in [0.717, 1.165) is 18.2 Å². The van der Waals surface area contributed by atoms with Crippen molar-refractivity contribution >= 4 is 5.69 Å². The van der Waals surface area contributed by atoms with Crippen molar-refractivity contribution in [1.29, 1.82) is 0 Å². The summed E-state index contributed by atoms with van der Waals surface area (Å²) in [7, 11) is 0. The third-order valence-corrected chi connectivity index (χ3v) is 2.81. The standard InChI is InChI=1S/C12H19N3O2/c1-2-17-6-5-15-12(16)7-11(9-14-15)13-8-10-3-4-10/h7,9-10,13H,2-6,8H2,1H3. The van der Waals surface area contributed by atoms with E-state index in [2.05, 4.69) is 10.4 Å². The molecule has 94 valence electrons. The van der Waals surface area contributed by atoms with Gasteiger partial charge in [0.05, 0.1) is 25.0 Å². The Morgan fingerprint density at radius 2 is 2.41 bits per heavy atom. The lowest BCUT2D eigenvalue weighted by atomic mass is 10.4. The fourth-order valence-corrected chi connectivity index (χ4v) is 1.58. The highest BCUT2D eigenvalue weighted by Gasteiger charge is 2.20. The predicted octanol–water partition coefficient (Wildman–Crippen LogP) is 1.10. The normalized spacial score (nSPS) is 14.9. The topological polar surface area (TPSA) is 56.1 Å². The molecule has 5 heteroatoms. The molecule has 1 heterocycles. The van der Waals surface area contributed by atoms with Crippen molar-refractivity contribution < 1.29 is 4.74 Å². The van der Waals surface area contributed by atoms with Gasteiger partial charge in [-0.2, -0.15) is 5.10 Å². The van der Waals surface area contributed by atoms with E-state index in [0.29, 0.717) is 19.8 Å². The maximum absolute atomic E-state index is 11.7. The molecule has 5 nitrogen and oxygen atoms in total. The summed E-state index contributed by atoms with van der Waals surface area (Å²) < 4.78 is 6.62. The number of nitrogens with zero attached hydrogens (tertiary/aromatic N) is 2. The van der Waals surface area contributed by atoms with Gasteiger partial charge in [-0.15, -0.1) is 0 Å². The first-order valence-electron chi connectivity index (χ1n) is 6.18. The molecule has 0 spiro atoms. The largest absolute Gasteiger partial charge is 0.383 e. The van der Waals surface area contributed by atoms with Crippen LogP contribution in [-0.4, -0.2) is 29.5 Å². The van der Waals surface area contributed by atoms with Crippen LogP contribution in [0.5, 0.6) is 0 Å². The first-order valence-corrected chi connectivity index (χ1v) is 6.18. The molecule has 0 aromatic carbocycles. The van der Waals surface area contributed by atoms with Crippen LogP contribution in [0.3, 0.4) is 0 Å². The van der Waals surface area contributed by atoms with Gasteiger partial charge in [-0.25, -0.2) is 4.68 Å². The summed E-state index contributed by atoms with van der Waals surface area (Å²) in [4.78, 5) is 11.7. The Kier molecular flexibility index (Phi) is 4.14. The molecule has 0 amide bonds. The minimum absolute atomic E-state index is 0.0782. The summed E-state index contributed by atoms with van der Waals surface area (Å²) in [5.41, 5.74) is 0.736. The van der Waals surface area contributed by atoms with Crippen LogP contribution in [0.1, 0.15) is 19.8 Å². The third kappa shape index (κ3) is 3.85. The Labute approximate surface area is 101 Å². The second-order valence-electron chi connectivity index (χ2n) is 4.33. The molecule has 17 heavy (non-hydrogen) atoms. The molecule has 1 N–H and O–H groups in total. The zero-order valence-corrected chi connectivity index (χ0v) is 10.2. The molecular formula is C12H19N3O2. The number of hydrogen-bond donors (Lipinski definition) is 1. The monoisotopic (exact) mass is 237 g/mol. The molecule has 1 aliphatic carbocycles. The summed E-state index contributed by atoms with van der Waals surface area (Å²) in [5, 5.41) is 7.34. The van der Waals surface area contributed by atoms with Crippen molar-refractivity contribution in [3.63, 3.8) is 0 Å². The zero-order valence-electron chi connectivity index (χ0n) is 10.2. The molecule has 2 rings (SSSR count). The van der Waals surface area contributed by atoms with E-state index < -0.39 is 0 Å². The van der Waals surface area contributed by atoms with Gasteiger partial charge in [-0.3, -0.25) is 4.79 Å². The van der Waals surface area contributed by atoms with E-state index in [9.17, 15) is 4.79 Å². The van der Waals surface area contributed by atoms with E-state index in [-0.39, 0.29) is 5.56 Å². The molecule has 1 fully saturated rings. The third-order valence-electron chi connectivity index (χ3n) is 2.81. The lowest BCUT2D eigenvalue weighted by Gasteiger charge is -2.07. The maximum Gasteiger partial charge on any atom is 0.268 e. The van der Waals surface area contributed by atoms with Crippen LogP contribution in [0.4, 0.5) is 5.69 Å². The SMILES string of the molecule is CCOCCn1ncc(NCC2CC2)cc1=O. The minimum Gasteiger partial charge on any atom is -0.383 e. The van der Waals surface area contributed by atoms with Gasteiger partial charge in [0.2, 0.25) is 0 Å². The van der Waals surface area contributed by atoms with Crippen molar-refractivity contribution in [2.24, 2.45) is 5.92 Å². The molecular weight excluding hydrogens is 218 g/mol. The lowest BCUT2D eigenvalue weighted by molar-refractivity contribution is 0.135. The summed E-state index contributed by atoms with van der Waals surface area (Å²) in [6.45, 7) is 4.58. The Morgan fingerprint density at radius 1 is 1.59 bits per heavy atom. The zero-order chi connectivity index (χ0) is 12.1. The first kappa shape index (κ1) is 12.1. The maximum atomic E-state index is 11.7. The summed E-state index contributed by atoms with van der Waals surface area (Å²) in [6.07, 6.45) is 4.30. The van der Waals surface area contributed by atoms with Crippen LogP contribution in [0.25, 0.3) is 0 Å². The van der Waals surface area contributed by atoms with Gasteiger partial charge >= 0.3 is 0 Å². The van der Waals surface area contributed by atoms with Crippen molar-refractivity contribution in [2.75, 3.05) is 25.1 Å². The second kappa shape index (κ2) is 5.82. The van der Waals surface area contributed by atoms with Crippen LogP contribution in [0, 0.1) is 5.92 Å². The van der Waals surface area contributed by atoms with Gasteiger partial charge in [0, 0.05) is 19.2 Å². The molecule has 1 saturated carbocycles. The van der Waals surface area contributed by atoms with Gasteiger partial charge in [0.15, 0.2) is 0 Å². The molecule has 0 saturated heterocycles. The quantitative estimate of drug-likeness (QED) is 0.722. The Balaban J connectivity index is 1.88. The van der Waals surface area contributed by atoms with Crippen molar-refractivity contribution in [2.45, 2.75) is 26.3 Å². The minimum atomic E-state index is -0.0782. The van der Waals surface area contributed by atoms with Crippen LogP contribution < -0.4 is 10.9 Å². The highest BCUT2D eigenvalue weighted by molar-refractivity contribution is 5.38. The number of ether oxygens (including phenoxy) is 1. The number of anilines is 1. The predicted molar refractivity (Wildman–Crippen MR) is 66.2 cm³/mol. The smallest absolute Gasteiger partial charge is 0.268 e. The number of hydrogen-bond acceptors (Lipinski definition) is 4. The molecule has 1 aliphatic rings. The fraction of sp³-hybridized carbons (Fsp3) is 0.667. The molecule has 0 radical (unpaired) electrons. The molecule has 0 aliphatic heterocycles. The second-order valence-corrected chi connectivity index (χ2v) is 4.33. The average molecular weight is 237 g/mol. The van der Waals surface area contributed by atoms with E-state index in [1.54, 1.807) is 12.3 Å². The molecule has 0 bridgehead atoms. The van der Waals surface area contributed by atoms with E-state index in [1.807, 2.05) is 6.92 Å². The molecule has 1 aromatic heterocycles. The summed E-state index contributed by atoms with van der Waals surface area (Å²) in [5.74, 6) is 0.787. The summed E-state index contributed by atoms with van der Waals surface area (Å²) >= 11 is 0. The lowest BCUT2D eigenvalue weighted by Crippen LogP contribution is -2.24. The van der Waals surface area contributed by atoms with Crippen molar-refractivity contribution in [3.8, 4) is 0 Å². The Bertz CT molecular complexity index is 412. The van der Waals surface area contributed by atoms with Crippen molar-refractivity contribution in [1.82, 2.24) is 9.78 Å². The molecule has 0 atom stereocenters. The van der Waals surface area contributed by atoms with E-state index >= 15 is 0 Å². The number of nitrogens with one attached hydrogen (secondary N) is 1. The van der Waals surface area contributed by atoms with E-state index in [4.69, 9.17) is 4.74 Å². The van der Waals surface area contributed by atoms with Gasteiger partial charge in [-0.05, 0) is 25.7 Å². The van der Waals surface area contributed by atoms with Crippen LogP contribution in [0.15, 0.2) is 17.1 Å². The molecule has 0 unspecified atom stereocenters. The van der Waals surface area contributed by atoms with Crippen LogP contribution in [0.2, 0.25) is 0 Å². The number of rotatable bonds is 7. The van der Waals surface area contributed by atoms with Gasteiger partial charge in [0.1, 0.15) is 0 Å².